The van der Waals surface area contributed by atoms with E-state index < -0.39 is 0 Å². The number of benzene rings is 1. The molecule has 0 saturated heterocycles. The summed E-state index contributed by atoms with van der Waals surface area (Å²) < 4.78 is 5.30. The fraction of sp³-hybridized carbons (Fsp3) is 0.0526. The molecule has 3 heterocycles. The Labute approximate surface area is 148 Å². The Balaban J connectivity index is 1.48. The Hall–Kier alpha value is -3.12. The number of thiophene rings is 1. The molecule has 0 spiro atoms. The summed E-state index contributed by atoms with van der Waals surface area (Å²) in [6, 6.07) is 15.4. The number of furan rings is 1. The number of aromatic nitrogens is 2. The Bertz CT molecular complexity index is 972. The van der Waals surface area contributed by atoms with Crippen molar-refractivity contribution in [3.05, 3.63) is 76.8 Å². The van der Waals surface area contributed by atoms with Crippen molar-refractivity contribution < 1.29 is 9.21 Å². The largest absolute Gasteiger partial charge is 0.463 e. The molecule has 4 aromatic rings. The number of carbonyl (C=O) groups is 1. The minimum Gasteiger partial charge on any atom is -0.463 e. The van der Waals surface area contributed by atoms with Crippen molar-refractivity contribution in [1.29, 1.82) is 0 Å². The maximum Gasteiger partial charge on any atom is 0.272 e. The third-order valence-electron chi connectivity index (χ3n) is 3.89. The second kappa shape index (κ2) is 6.78. The van der Waals surface area contributed by atoms with Crippen molar-refractivity contribution in [2.75, 3.05) is 0 Å². The summed E-state index contributed by atoms with van der Waals surface area (Å²) >= 11 is 1.66. The molecule has 0 atom stereocenters. The Morgan fingerprint density at radius 1 is 1.20 bits per heavy atom. The molecule has 3 aromatic heterocycles. The highest BCUT2D eigenvalue weighted by atomic mass is 32.1. The predicted molar refractivity (Wildman–Crippen MR) is 97.2 cm³/mol. The van der Waals surface area contributed by atoms with Crippen LogP contribution in [0.5, 0.6) is 0 Å². The summed E-state index contributed by atoms with van der Waals surface area (Å²) in [4.78, 5) is 12.4. The van der Waals surface area contributed by atoms with E-state index in [1.165, 1.54) is 0 Å². The first-order chi connectivity index (χ1) is 12.3. The third-order valence-corrected chi connectivity index (χ3v) is 4.57. The Morgan fingerprint density at radius 3 is 2.92 bits per heavy atom. The van der Waals surface area contributed by atoms with E-state index in [9.17, 15) is 4.79 Å². The minimum absolute atomic E-state index is 0.228. The summed E-state index contributed by atoms with van der Waals surface area (Å²) in [5.41, 5.74) is 4.36. The number of nitrogens with zero attached hydrogens (tertiary/aromatic N) is 1. The lowest BCUT2D eigenvalue weighted by Gasteiger charge is -2.09. The molecule has 0 aliphatic rings. The van der Waals surface area contributed by atoms with E-state index in [1.54, 1.807) is 29.7 Å². The van der Waals surface area contributed by atoms with Crippen molar-refractivity contribution in [3.63, 3.8) is 0 Å². The van der Waals surface area contributed by atoms with E-state index in [2.05, 4.69) is 33.0 Å². The molecule has 0 fully saturated rings. The van der Waals surface area contributed by atoms with Crippen LogP contribution >= 0.6 is 11.3 Å². The first kappa shape index (κ1) is 15.4. The van der Waals surface area contributed by atoms with E-state index >= 15 is 0 Å². The molecule has 124 valence electrons. The van der Waals surface area contributed by atoms with Gasteiger partial charge in [0.05, 0.1) is 6.26 Å². The standard InChI is InChI=1S/C19H15N3O2S/c23-19(17-10-16(21-22-17)18-6-3-8-24-18)20-11-13-4-1-2-5-15(13)14-7-9-25-12-14/h1-10,12H,11H2,(H,20,23)(H,21,22). The van der Waals surface area contributed by atoms with Gasteiger partial charge in [-0.2, -0.15) is 16.4 Å². The SMILES string of the molecule is O=C(NCc1ccccc1-c1ccsc1)c1cc(-c2ccco2)[nH]n1. The van der Waals surface area contributed by atoms with Gasteiger partial charge >= 0.3 is 0 Å². The van der Waals surface area contributed by atoms with E-state index in [4.69, 9.17) is 4.42 Å². The van der Waals surface area contributed by atoms with Crippen LogP contribution in [0, 0.1) is 0 Å². The van der Waals surface area contributed by atoms with Crippen LogP contribution in [0.2, 0.25) is 0 Å². The van der Waals surface area contributed by atoms with E-state index in [1.807, 2.05) is 29.6 Å². The highest BCUT2D eigenvalue weighted by Gasteiger charge is 2.13. The van der Waals surface area contributed by atoms with Gasteiger partial charge in [0.1, 0.15) is 5.69 Å². The molecule has 0 radical (unpaired) electrons. The molecule has 0 unspecified atom stereocenters. The summed E-state index contributed by atoms with van der Waals surface area (Å²) in [6.07, 6.45) is 1.58. The monoisotopic (exact) mass is 349 g/mol. The molecule has 1 amide bonds. The second-order valence-corrected chi connectivity index (χ2v) is 6.28. The van der Waals surface area contributed by atoms with Crippen LogP contribution in [0.15, 0.2) is 70.0 Å². The van der Waals surface area contributed by atoms with Crippen molar-refractivity contribution in [2.24, 2.45) is 0 Å². The molecule has 1 aromatic carbocycles. The quantitative estimate of drug-likeness (QED) is 0.563. The highest BCUT2D eigenvalue weighted by Crippen LogP contribution is 2.25. The molecule has 0 saturated carbocycles. The van der Waals surface area contributed by atoms with Gasteiger partial charge in [0, 0.05) is 12.6 Å². The lowest BCUT2D eigenvalue weighted by atomic mass is 10.0. The topological polar surface area (TPSA) is 70.9 Å². The van der Waals surface area contributed by atoms with Gasteiger partial charge in [-0.25, -0.2) is 0 Å². The van der Waals surface area contributed by atoms with Crippen molar-refractivity contribution in [2.45, 2.75) is 6.54 Å². The third kappa shape index (κ3) is 3.25. The zero-order chi connectivity index (χ0) is 17.1. The van der Waals surface area contributed by atoms with E-state index in [0.717, 1.165) is 16.7 Å². The van der Waals surface area contributed by atoms with Gasteiger partial charge in [-0.15, -0.1) is 0 Å². The molecule has 0 aliphatic carbocycles. The van der Waals surface area contributed by atoms with Crippen molar-refractivity contribution in [3.8, 4) is 22.6 Å². The summed E-state index contributed by atoms with van der Waals surface area (Å²) in [5, 5.41) is 14.0. The van der Waals surface area contributed by atoms with Gasteiger partial charge in [0.15, 0.2) is 11.5 Å². The van der Waals surface area contributed by atoms with Gasteiger partial charge in [0.25, 0.3) is 5.91 Å². The van der Waals surface area contributed by atoms with Crippen LogP contribution in [0.4, 0.5) is 0 Å². The van der Waals surface area contributed by atoms with Gasteiger partial charge in [-0.05, 0) is 45.6 Å². The fourth-order valence-electron chi connectivity index (χ4n) is 2.64. The molecule has 25 heavy (non-hydrogen) atoms. The van der Waals surface area contributed by atoms with Crippen LogP contribution in [0.25, 0.3) is 22.6 Å². The maximum atomic E-state index is 12.4. The number of hydrogen-bond acceptors (Lipinski definition) is 4. The average Bonchev–Trinajstić information content (AvgIpc) is 3.41. The minimum atomic E-state index is -0.228. The summed E-state index contributed by atoms with van der Waals surface area (Å²) in [7, 11) is 0. The van der Waals surface area contributed by atoms with Crippen LogP contribution in [0.3, 0.4) is 0 Å². The number of hydrogen-bond donors (Lipinski definition) is 2. The lowest BCUT2D eigenvalue weighted by Crippen LogP contribution is -2.23. The van der Waals surface area contributed by atoms with E-state index in [-0.39, 0.29) is 5.91 Å². The Morgan fingerprint density at radius 2 is 2.12 bits per heavy atom. The number of rotatable bonds is 5. The number of H-pyrrole nitrogens is 1. The van der Waals surface area contributed by atoms with Gasteiger partial charge in [-0.1, -0.05) is 24.3 Å². The van der Waals surface area contributed by atoms with Gasteiger partial charge in [-0.3, -0.25) is 9.89 Å². The molecule has 0 bridgehead atoms. The summed E-state index contributed by atoms with van der Waals surface area (Å²) in [5.74, 6) is 0.420. The number of carbonyl (C=O) groups excluding carboxylic acids is 1. The number of amides is 1. The Kier molecular flexibility index (Phi) is 4.18. The van der Waals surface area contributed by atoms with Gasteiger partial charge in [0.2, 0.25) is 0 Å². The first-order valence-corrected chi connectivity index (χ1v) is 8.73. The van der Waals surface area contributed by atoms with Crippen LogP contribution in [-0.2, 0) is 6.54 Å². The highest BCUT2D eigenvalue weighted by molar-refractivity contribution is 7.08. The van der Waals surface area contributed by atoms with Crippen LogP contribution in [0.1, 0.15) is 16.1 Å². The first-order valence-electron chi connectivity index (χ1n) is 7.79. The van der Waals surface area contributed by atoms with Crippen LogP contribution in [-0.4, -0.2) is 16.1 Å². The van der Waals surface area contributed by atoms with E-state index in [0.29, 0.717) is 23.7 Å². The zero-order valence-corrected chi connectivity index (χ0v) is 14.0. The van der Waals surface area contributed by atoms with Crippen molar-refractivity contribution >= 4 is 17.2 Å². The molecular weight excluding hydrogens is 334 g/mol. The lowest BCUT2D eigenvalue weighted by molar-refractivity contribution is 0.0946. The molecule has 5 nitrogen and oxygen atoms in total. The fourth-order valence-corrected chi connectivity index (χ4v) is 3.29. The molecule has 6 heteroatoms. The maximum absolute atomic E-state index is 12.4. The number of nitrogens with one attached hydrogen (secondary N) is 2. The van der Waals surface area contributed by atoms with Gasteiger partial charge < -0.3 is 9.73 Å². The average molecular weight is 349 g/mol. The molecule has 2 N–H and O–H groups in total. The smallest absolute Gasteiger partial charge is 0.272 e. The summed E-state index contributed by atoms with van der Waals surface area (Å²) in [6.45, 7) is 0.438. The molecule has 0 aliphatic heterocycles. The molecule has 4 rings (SSSR count). The van der Waals surface area contributed by atoms with Crippen LogP contribution < -0.4 is 5.32 Å². The zero-order valence-electron chi connectivity index (χ0n) is 13.2. The second-order valence-electron chi connectivity index (χ2n) is 5.50. The predicted octanol–water partition coefficient (Wildman–Crippen LogP) is 4.33. The van der Waals surface area contributed by atoms with Crippen molar-refractivity contribution in [1.82, 2.24) is 15.5 Å². The molecular formula is C19H15N3O2S. The number of aromatic amines is 1. The normalized spacial score (nSPS) is 10.7.